The van der Waals surface area contributed by atoms with Gasteiger partial charge in [-0.2, -0.15) is 0 Å². The van der Waals surface area contributed by atoms with E-state index in [0.717, 1.165) is 5.56 Å². The third-order valence-electron chi connectivity index (χ3n) is 6.28. The molecule has 1 aliphatic rings. The second-order valence-electron chi connectivity index (χ2n) is 9.76. The number of carbonyl (C=O) groups is 4. The first-order valence-corrected chi connectivity index (χ1v) is 13.9. The molecule has 1 heterocycles. The van der Waals surface area contributed by atoms with Gasteiger partial charge in [0.2, 0.25) is 23.6 Å². The molecule has 1 fully saturated rings. The maximum atomic E-state index is 13.2. The van der Waals surface area contributed by atoms with Crippen molar-refractivity contribution >= 4 is 29.6 Å². The van der Waals surface area contributed by atoms with Crippen LogP contribution in [0.3, 0.4) is 0 Å². The lowest BCUT2D eigenvalue weighted by Crippen LogP contribution is -2.52. The van der Waals surface area contributed by atoms with Crippen LogP contribution in [0.2, 0.25) is 0 Å². The summed E-state index contributed by atoms with van der Waals surface area (Å²) in [4.78, 5) is 54.5. The van der Waals surface area contributed by atoms with Crippen LogP contribution in [0.25, 0.3) is 0 Å². The maximum absolute atomic E-state index is 13.2. The van der Waals surface area contributed by atoms with Crippen molar-refractivity contribution in [1.82, 2.24) is 20.9 Å². The molecule has 1 aliphatic heterocycles. The number of ether oxygens (including phenoxy) is 2. The zero-order valence-corrected chi connectivity index (χ0v) is 23.8. The van der Waals surface area contributed by atoms with Gasteiger partial charge in [-0.25, -0.2) is 4.39 Å². The molecule has 0 bridgehead atoms. The molecule has 9 N–H and O–H groups in total. The number of likely N-dealkylation sites (tertiary alicyclic amines) is 1. The molecule has 42 heavy (non-hydrogen) atoms. The molecule has 1 aromatic rings. The number of halogens is 1. The molecule has 0 spiro atoms. The molecule has 0 radical (unpaired) electrons. The molecule has 14 nitrogen and oxygen atoms in total. The Morgan fingerprint density at radius 3 is 2.48 bits per heavy atom. The average Bonchev–Trinajstić information content (AvgIpc) is 3.41. The van der Waals surface area contributed by atoms with E-state index in [9.17, 15) is 23.6 Å². The van der Waals surface area contributed by atoms with Crippen LogP contribution in [-0.4, -0.2) is 112 Å². The summed E-state index contributed by atoms with van der Waals surface area (Å²) < 4.78 is 23.8. The Bertz CT molecular complexity index is 1030. The first-order chi connectivity index (χ1) is 20.2. The van der Waals surface area contributed by atoms with E-state index >= 15 is 0 Å². The summed E-state index contributed by atoms with van der Waals surface area (Å²) in [5.41, 5.74) is 17.7. The SMILES string of the molecule is NC(N)=NCCC[C@H](NC(=O)[C@@H](N)Cc1ccccc1)C(=O)NCCOCCOCC(=O)NCC(=O)N1CC[C@H](F)C1. The molecular formula is C27H43FN8O6. The second-order valence-corrected chi connectivity index (χ2v) is 9.76. The number of nitrogens with two attached hydrogens (primary N) is 3. The fourth-order valence-corrected chi connectivity index (χ4v) is 4.05. The summed E-state index contributed by atoms with van der Waals surface area (Å²) >= 11 is 0. The Morgan fingerprint density at radius 2 is 1.79 bits per heavy atom. The number of hydrogen-bond donors (Lipinski definition) is 6. The minimum atomic E-state index is -1.01. The molecule has 1 saturated heterocycles. The molecule has 2 rings (SSSR count). The number of hydrogen-bond acceptors (Lipinski definition) is 8. The highest BCUT2D eigenvalue weighted by Crippen LogP contribution is 2.11. The quantitative estimate of drug-likeness (QED) is 0.0588. The molecule has 0 unspecified atom stereocenters. The van der Waals surface area contributed by atoms with Gasteiger partial charge < -0.3 is 47.5 Å². The molecule has 0 saturated carbocycles. The van der Waals surface area contributed by atoms with Gasteiger partial charge in [-0.3, -0.25) is 24.2 Å². The highest BCUT2D eigenvalue weighted by molar-refractivity contribution is 5.89. The van der Waals surface area contributed by atoms with Crippen molar-refractivity contribution in [1.29, 1.82) is 0 Å². The predicted octanol–water partition coefficient (Wildman–Crippen LogP) is -2.07. The van der Waals surface area contributed by atoms with Gasteiger partial charge in [0.25, 0.3) is 0 Å². The lowest BCUT2D eigenvalue weighted by Gasteiger charge is -2.21. The van der Waals surface area contributed by atoms with Crippen molar-refractivity contribution in [2.45, 2.75) is 43.9 Å². The van der Waals surface area contributed by atoms with Gasteiger partial charge in [0, 0.05) is 19.6 Å². The summed E-state index contributed by atoms with van der Waals surface area (Å²) in [5.74, 6) is -1.71. The zero-order valence-electron chi connectivity index (χ0n) is 23.8. The van der Waals surface area contributed by atoms with Crippen LogP contribution in [0.4, 0.5) is 4.39 Å². The number of aliphatic imine (C=N–C) groups is 1. The number of guanidine groups is 1. The van der Waals surface area contributed by atoms with Gasteiger partial charge in [0.05, 0.1) is 39.0 Å². The van der Waals surface area contributed by atoms with Gasteiger partial charge in [-0.05, 0) is 31.2 Å². The van der Waals surface area contributed by atoms with Crippen molar-refractivity contribution in [3.05, 3.63) is 35.9 Å². The Kier molecular flexibility index (Phi) is 15.8. The maximum Gasteiger partial charge on any atom is 0.246 e. The van der Waals surface area contributed by atoms with E-state index in [1.54, 1.807) is 0 Å². The summed E-state index contributed by atoms with van der Waals surface area (Å²) in [6, 6.07) is 7.65. The highest BCUT2D eigenvalue weighted by Gasteiger charge is 2.26. The molecule has 3 atom stereocenters. The fraction of sp³-hybridized carbons (Fsp3) is 0.593. The van der Waals surface area contributed by atoms with Gasteiger partial charge in [-0.1, -0.05) is 30.3 Å². The fourth-order valence-electron chi connectivity index (χ4n) is 4.05. The van der Waals surface area contributed by atoms with Crippen LogP contribution in [0, 0.1) is 0 Å². The Hall–Kier alpha value is -3.82. The first-order valence-electron chi connectivity index (χ1n) is 13.9. The van der Waals surface area contributed by atoms with E-state index in [4.69, 9.17) is 26.7 Å². The molecule has 4 amide bonds. The van der Waals surface area contributed by atoms with Crippen LogP contribution in [0.5, 0.6) is 0 Å². The Labute approximate surface area is 244 Å². The molecular weight excluding hydrogens is 551 g/mol. The summed E-state index contributed by atoms with van der Waals surface area (Å²) in [5, 5.41) is 7.87. The minimum Gasteiger partial charge on any atom is -0.377 e. The van der Waals surface area contributed by atoms with E-state index in [-0.39, 0.29) is 57.9 Å². The summed E-state index contributed by atoms with van der Waals surface area (Å²) in [7, 11) is 0. The highest BCUT2D eigenvalue weighted by atomic mass is 19.1. The monoisotopic (exact) mass is 594 g/mol. The number of rotatable bonds is 19. The third kappa shape index (κ3) is 14.2. The van der Waals surface area contributed by atoms with Crippen molar-refractivity contribution in [3.63, 3.8) is 0 Å². The summed E-state index contributed by atoms with van der Waals surface area (Å²) in [6.45, 7) is 0.869. The van der Waals surface area contributed by atoms with Gasteiger partial charge in [0.1, 0.15) is 18.8 Å². The van der Waals surface area contributed by atoms with E-state index in [0.29, 0.717) is 38.8 Å². The van der Waals surface area contributed by atoms with E-state index in [1.165, 1.54) is 4.90 Å². The van der Waals surface area contributed by atoms with Gasteiger partial charge in [0.15, 0.2) is 5.96 Å². The lowest BCUT2D eigenvalue weighted by molar-refractivity contribution is -0.133. The van der Waals surface area contributed by atoms with Crippen molar-refractivity contribution in [2.24, 2.45) is 22.2 Å². The first kappa shape index (κ1) is 34.4. The lowest BCUT2D eigenvalue weighted by atomic mass is 10.0. The molecule has 0 aromatic heterocycles. The molecule has 234 valence electrons. The molecule has 1 aromatic carbocycles. The number of nitrogens with zero attached hydrogens (tertiary/aromatic N) is 2. The second kappa shape index (κ2) is 19.3. The topological polar surface area (TPSA) is 216 Å². The predicted molar refractivity (Wildman–Crippen MR) is 154 cm³/mol. The Morgan fingerprint density at radius 1 is 1.05 bits per heavy atom. The summed E-state index contributed by atoms with van der Waals surface area (Å²) in [6.07, 6.45) is 0.372. The van der Waals surface area contributed by atoms with E-state index in [1.807, 2.05) is 30.3 Å². The molecule has 0 aliphatic carbocycles. The van der Waals surface area contributed by atoms with Crippen LogP contribution in [-0.2, 0) is 35.1 Å². The van der Waals surface area contributed by atoms with E-state index < -0.39 is 36.0 Å². The van der Waals surface area contributed by atoms with Crippen molar-refractivity contribution in [3.8, 4) is 0 Å². The van der Waals surface area contributed by atoms with Crippen LogP contribution < -0.4 is 33.2 Å². The minimum absolute atomic E-state index is 0.0562. The number of benzene rings is 1. The van der Waals surface area contributed by atoms with Crippen LogP contribution in [0.15, 0.2) is 35.3 Å². The number of nitrogens with one attached hydrogen (secondary N) is 3. The zero-order chi connectivity index (χ0) is 30.7. The van der Waals surface area contributed by atoms with E-state index in [2.05, 4.69) is 20.9 Å². The number of alkyl halides is 1. The Balaban J connectivity index is 1.63. The van der Waals surface area contributed by atoms with Crippen molar-refractivity contribution in [2.75, 3.05) is 59.2 Å². The molecule has 15 heteroatoms. The van der Waals surface area contributed by atoms with Crippen LogP contribution in [0.1, 0.15) is 24.8 Å². The smallest absolute Gasteiger partial charge is 0.246 e. The third-order valence-corrected chi connectivity index (χ3v) is 6.28. The van der Waals surface area contributed by atoms with Gasteiger partial charge in [-0.15, -0.1) is 0 Å². The number of carbonyl (C=O) groups excluding carboxylic acids is 4. The number of amides is 4. The standard InChI is InChI=1S/C27H43FN8O6/c28-20-8-11-36(17-20)24(38)16-34-23(37)18-42-14-13-41-12-10-32-26(40)22(7-4-9-33-27(30)31)35-25(39)21(29)15-19-5-2-1-3-6-19/h1-3,5-6,20-22H,4,7-18,29H2,(H,32,40)(H,34,37)(H,35,39)(H4,30,31,33)/t20-,21-,22-/m0/s1. The average molecular weight is 595 g/mol. The van der Waals surface area contributed by atoms with Crippen molar-refractivity contribution < 1.29 is 33.0 Å². The van der Waals surface area contributed by atoms with Gasteiger partial charge >= 0.3 is 0 Å². The largest absolute Gasteiger partial charge is 0.377 e. The normalized spacial score (nSPS) is 15.9. The van der Waals surface area contributed by atoms with Crippen LogP contribution >= 0.6 is 0 Å².